The molecule has 1 N–H and O–H groups in total. The average molecular weight is 619 g/mol. The summed E-state index contributed by atoms with van der Waals surface area (Å²) in [5, 5.41) is 3.04. The van der Waals surface area contributed by atoms with Crippen molar-refractivity contribution in [1.29, 1.82) is 0 Å². The number of aryl methyl sites for hydroxylation is 1. The van der Waals surface area contributed by atoms with E-state index < -0.39 is 17.2 Å². The Hall–Kier alpha value is -4.19. The van der Waals surface area contributed by atoms with Crippen LogP contribution in [0.25, 0.3) is 22.2 Å². The number of halogens is 2. The first kappa shape index (κ1) is 30.8. The number of rotatable bonds is 6. The van der Waals surface area contributed by atoms with Crippen molar-refractivity contribution < 1.29 is 18.3 Å². The van der Waals surface area contributed by atoms with Gasteiger partial charge in [-0.3, -0.25) is 4.90 Å². The second-order valence-electron chi connectivity index (χ2n) is 13.8. The number of nitrogens with zero attached hydrogens (tertiary/aromatic N) is 7. The van der Waals surface area contributed by atoms with E-state index in [4.69, 9.17) is 4.74 Å². The smallest absolute Gasteiger partial charge is 0.410 e. The predicted octanol–water partition coefficient (Wildman–Crippen LogP) is 6.63. The van der Waals surface area contributed by atoms with E-state index in [2.05, 4.69) is 37.1 Å². The van der Waals surface area contributed by atoms with Gasteiger partial charge < -0.3 is 19.5 Å². The zero-order chi connectivity index (χ0) is 32.3. The van der Waals surface area contributed by atoms with Crippen LogP contribution in [0.2, 0.25) is 0 Å². The van der Waals surface area contributed by atoms with E-state index in [1.807, 2.05) is 51.0 Å². The number of carbonyl (C=O) groups excluding carboxylic acids is 1. The highest BCUT2D eigenvalue weighted by molar-refractivity contribution is 5.84. The zero-order valence-corrected chi connectivity index (χ0v) is 26.9. The van der Waals surface area contributed by atoms with Crippen LogP contribution in [0.3, 0.4) is 0 Å². The molecule has 2 aliphatic rings. The van der Waals surface area contributed by atoms with Gasteiger partial charge in [0.25, 0.3) is 0 Å². The van der Waals surface area contributed by atoms with Crippen LogP contribution in [0.15, 0.2) is 36.8 Å². The molecule has 4 aromatic rings. The van der Waals surface area contributed by atoms with Crippen molar-refractivity contribution in [2.75, 3.05) is 25.0 Å². The number of piperidine rings is 1. The standard InChI is InChI=1S/C33H40F2N8O2/c1-19(2)43-20(3)39-29-24(34)10-22(11-26(29)43)23-12-28(36-15-25(23)35)40-30-37-13-21(14-38-30)16-42-18-33(7)8-9-41(17-27(33)42)31(44)45-32(4,5)6/h10-15,19,27H,8-9,16-18H2,1-7H3,(H,36,37,38,40)/t27-,33-/m0/s1. The van der Waals surface area contributed by atoms with Gasteiger partial charge in [-0.15, -0.1) is 0 Å². The number of fused-ring (bicyclic) bond motifs is 2. The molecule has 12 heteroatoms. The van der Waals surface area contributed by atoms with Gasteiger partial charge in [-0.2, -0.15) is 0 Å². The second kappa shape index (κ2) is 11.3. The normalized spacial score (nSPS) is 20.3. The summed E-state index contributed by atoms with van der Waals surface area (Å²) in [6.45, 7) is 16.7. The lowest BCUT2D eigenvalue weighted by Gasteiger charge is -2.60. The minimum atomic E-state index is -0.572. The molecule has 0 bridgehead atoms. The van der Waals surface area contributed by atoms with Gasteiger partial charge in [0.2, 0.25) is 5.95 Å². The topological polar surface area (TPSA) is 101 Å². The number of ether oxygens (including phenoxy) is 1. The SMILES string of the molecule is Cc1nc2c(F)cc(-c3cc(Nc4ncc(CN5C[C@]6(C)CCN(C(=O)OC(C)(C)C)C[C@H]56)cn4)ncc3F)cc2n1C(C)C. The minimum Gasteiger partial charge on any atom is -0.444 e. The van der Waals surface area contributed by atoms with Crippen LogP contribution >= 0.6 is 0 Å². The summed E-state index contributed by atoms with van der Waals surface area (Å²) in [5.41, 5.74) is 2.02. The van der Waals surface area contributed by atoms with E-state index in [0.29, 0.717) is 48.3 Å². The number of carbonyl (C=O) groups is 1. The number of nitrogens with one attached hydrogen (secondary N) is 1. The van der Waals surface area contributed by atoms with Gasteiger partial charge in [-0.1, -0.05) is 6.92 Å². The van der Waals surface area contributed by atoms with Gasteiger partial charge >= 0.3 is 6.09 Å². The summed E-state index contributed by atoms with van der Waals surface area (Å²) in [7, 11) is 0. The van der Waals surface area contributed by atoms with Gasteiger partial charge in [0.05, 0.1) is 11.7 Å². The summed E-state index contributed by atoms with van der Waals surface area (Å²) in [6.07, 6.45) is 5.27. The third-order valence-electron chi connectivity index (χ3n) is 8.75. The van der Waals surface area contributed by atoms with Crippen molar-refractivity contribution in [2.45, 2.75) is 79.1 Å². The Labute approximate surface area is 261 Å². The van der Waals surface area contributed by atoms with Crippen molar-refractivity contribution in [3.05, 3.63) is 59.8 Å². The van der Waals surface area contributed by atoms with Gasteiger partial charge in [0, 0.05) is 61.8 Å². The average Bonchev–Trinajstić information content (AvgIpc) is 3.30. The summed E-state index contributed by atoms with van der Waals surface area (Å²) in [4.78, 5) is 34.3. The number of amides is 1. The molecule has 0 spiro atoms. The summed E-state index contributed by atoms with van der Waals surface area (Å²) >= 11 is 0. The third kappa shape index (κ3) is 6.07. The van der Waals surface area contributed by atoms with Crippen molar-refractivity contribution in [2.24, 2.45) is 5.41 Å². The van der Waals surface area contributed by atoms with E-state index in [0.717, 1.165) is 24.7 Å². The Morgan fingerprint density at radius 1 is 1.11 bits per heavy atom. The van der Waals surface area contributed by atoms with Gasteiger partial charge in [-0.05, 0) is 77.1 Å². The van der Waals surface area contributed by atoms with E-state index in [1.165, 1.54) is 12.1 Å². The molecule has 5 heterocycles. The number of hydrogen-bond donors (Lipinski definition) is 1. The molecule has 0 unspecified atom stereocenters. The molecule has 45 heavy (non-hydrogen) atoms. The van der Waals surface area contributed by atoms with Crippen molar-refractivity contribution in [3.63, 3.8) is 0 Å². The molecule has 2 aliphatic heterocycles. The van der Waals surface area contributed by atoms with Crippen LogP contribution in [0.5, 0.6) is 0 Å². The second-order valence-corrected chi connectivity index (χ2v) is 13.8. The number of aromatic nitrogens is 5. The van der Waals surface area contributed by atoms with Crippen molar-refractivity contribution in [3.8, 4) is 11.1 Å². The van der Waals surface area contributed by atoms with Crippen LogP contribution in [-0.4, -0.2) is 71.7 Å². The quantitative estimate of drug-likeness (QED) is 0.257. The number of anilines is 2. The Kier molecular flexibility index (Phi) is 7.75. The Balaban J connectivity index is 1.14. The van der Waals surface area contributed by atoms with Gasteiger partial charge in [0.1, 0.15) is 28.6 Å². The lowest BCUT2D eigenvalue weighted by Crippen LogP contribution is -2.70. The summed E-state index contributed by atoms with van der Waals surface area (Å²) in [6, 6.07) is 4.87. The molecule has 0 saturated carbocycles. The maximum absolute atomic E-state index is 15.1. The van der Waals surface area contributed by atoms with Crippen LogP contribution in [-0.2, 0) is 11.3 Å². The molecule has 1 amide bonds. The third-order valence-corrected chi connectivity index (χ3v) is 8.75. The molecule has 2 saturated heterocycles. The first-order chi connectivity index (χ1) is 21.2. The first-order valence-electron chi connectivity index (χ1n) is 15.3. The molecule has 3 aromatic heterocycles. The highest BCUT2D eigenvalue weighted by Crippen LogP contribution is 2.44. The van der Waals surface area contributed by atoms with Crippen LogP contribution in [0.1, 0.15) is 65.4 Å². The number of pyridine rings is 1. The Morgan fingerprint density at radius 2 is 1.84 bits per heavy atom. The molecular formula is C33H40F2N8O2. The Bertz CT molecular complexity index is 1750. The maximum Gasteiger partial charge on any atom is 0.410 e. The van der Waals surface area contributed by atoms with Crippen molar-refractivity contribution >= 4 is 28.9 Å². The molecule has 238 valence electrons. The fourth-order valence-electron chi connectivity index (χ4n) is 6.59. The molecule has 6 rings (SSSR count). The van der Waals surface area contributed by atoms with Crippen molar-refractivity contribution in [1.82, 2.24) is 34.3 Å². The molecule has 0 radical (unpaired) electrons. The molecular weight excluding hydrogens is 578 g/mol. The maximum atomic E-state index is 15.1. The van der Waals surface area contributed by atoms with E-state index in [1.54, 1.807) is 18.5 Å². The van der Waals surface area contributed by atoms with Crippen LogP contribution in [0, 0.1) is 24.0 Å². The first-order valence-corrected chi connectivity index (χ1v) is 15.3. The zero-order valence-electron chi connectivity index (χ0n) is 26.9. The molecule has 0 aliphatic carbocycles. The lowest BCUT2D eigenvalue weighted by atomic mass is 9.68. The number of imidazole rings is 1. The minimum absolute atomic E-state index is 0.0597. The van der Waals surface area contributed by atoms with Crippen LogP contribution < -0.4 is 5.32 Å². The monoisotopic (exact) mass is 618 g/mol. The van der Waals surface area contributed by atoms with E-state index >= 15 is 4.39 Å². The predicted molar refractivity (Wildman–Crippen MR) is 168 cm³/mol. The highest BCUT2D eigenvalue weighted by atomic mass is 19.1. The van der Waals surface area contributed by atoms with Crippen LogP contribution in [0.4, 0.5) is 25.3 Å². The highest BCUT2D eigenvalue weighted by Gasteiger charge is 2.52. The molecule has 10 nitrogen and oxygen atoms in total. The summed E-state index contributed by atoms with van der Waals surface area (Å²) in [5.74, 6) is 0.247. The molecule has 2 fully saturated rings. The van der Waals surface area contributed by atoms with E-state index in [-0.39, 0.29) is 34.7 Å². The van der Waals surface area contributed by atoms with Gasteiger partial charge in [-0.25, -0.2) is 33.5 Å². The Morgan fingerprint density at radius 3 is 2.53 bits per heavy atom. The molecule has 1 aromatic carbocycles. The fourth-order valence-corrected chi connectivity index (χ4v) is 6.59. The fraction of sp³-hybridized carbons (Fsp3) is 0.485. The number of likely N-dealkylation sites (tertiary alicyclic amines) is 2. The number of hydrogen-bond acceptors (Lipinski definition) is 8. The summed E-state index contributed by atoms with van der Waals surface area (Å²) < 4.78 is 37.6. The molecule has 2 atom stereocenters. The lowest BCUT2D eigenvalue weighted by molar-refractivity contribution is -0.115. The van der Waals surface area contributed by atoms with Gasteiger partial charge in [0.15, 0.2) is 5.82 Å². The largest absolute Gasteiger partial charge is 0.444 e. The number of benzene rings is 1. The van der Waals surface area contributed by atoms with E-state index in [9.17, 15) is 9.18 Å².